The Morgan fingerprint density at radius 2 is 1.71 bits per heavy atom. The highest BCUT2D eigenvalue weighted by molar-refractivity contribution is 6.34. The molecular formula is C15H11ClF2N2O. The lowest BCUT2D eigenvalue weighted by Crippen LogP contribution is -2.19. The van der Waals surface area contributed by atoms with Crippen molar-refractivity contribution in [1.29, 1.82) is 0 Å². The predicted octanol–water partition coefficient (Wildman–Crippen LogP) is 3.77. The Hall–Kier alpha value is -2.27. The topological polar surface area (TPSA) is 41.5 Å². The number of hydrazone groups is 1. The van der Waals surface area contributed by atoms with Crippen molar-refractivity contribution in [3.8, 4) is 0 Å². The second-order valence-electron chi connectivity index (χ2n) is 4.27. The van der Waals surface area contributed by atoms with Gasteiger partial charge in [0.15, 0.2) is 0 Å². The van der Waals surface area contributed by atoms with E-state index in [0.717, 1.165) is 6.07 Å². The smallest absolute Gasteiger partial charge is 0.267 e. The molecule has 0 aliphatic rings. The van der Waals surface area contributed by atoms with Crippen LogP contribution < -0.4 is 5.43 Å². The Morgan fingerprint density at radius 1 is 1.10 bits per heavy atom. The summed E-state index contributed by atoms with van der Waals surface area (Å²) >= 11 is 5.90. The Bertz CT molecular complexity index is 699. The van der Waals surface area contributed by atoms with Crippen molar-refractivity contribution in [1.82, 2.24) is 5.43 Å². The molecule has 2 aromatic carbocycles. The second kappa shape index (κ2) is 6.45. The molecule has 0 radical (unpaired) electrons. The van der Waals surface area contributed by atoms with Crippen LogP contribution in [0.15, 0.2) is 47.6 Å². The van der Waals surface area contributed by atoms with Crippen LogP contribution in [-0.2, 0) is 0 Å². The van der Waals surface area contributed by atoms with Crippen LogP contribution >= 0.6 is 11.6 Å². The van der Waals surface area contributed by atoms with Crippen molar-refractivity contribution in [2.75, 3.05) is 0 Å². The molecule has 0 heterocycles. The zero-order chi connectivity index (χ0) is 15.4. The summed E-state index contributed by atoms with van der Waals surface area (Å²) in [6.07, 6.45) is 0. The van der Waals surface area contributed by atoms with E-state index in [1.54, 1.807) is 6.92 Å². The van der Waals surface area contributed by atoms with E-state index in [4.69, 9.17) is 11.6 Å². The highest BCUT2D eigenvalue weighted by atomic mass is 35.5. The molecule has 1 N–H and O–H groups in total. The van der Waals surface area contributed by atoms with Gasteiger partial charge in [-0.25, -0.2) is 14.2 Å². The number of rotatable bonds is 3. The van der Waals surface area contributed by atoms with Gasteiger partial charge in [0.1, 0.15) is 11.6 Å². The van der Waals surface area contributed by atoms with E-state index >= 15 is 0 Å². The first-order valence-corrected chi connectivity index (χ1v) is 6.41. The van der Waals surface area contributed by atoms with Crippen LogP contribution in [0.25, 0.3) is 0 Å². The SMILES string of the molecule is C/C(=N/NC(=O)c1ccc(F)cc1)c1ccc(F)cc1Cl. The van der Waals surface area contributed by atoms with Crippen molar-refractivity contribution < 1.29 is 13.6 Å². The number of hydrogen-bond acceptors (Lipinski definition) is 2. The summed E-state index contributed by atoms with van der Waals surface area (Å²) in [6, 6.07) is 8.95. The van der Waals surface area contributed by atoms with Crippen LogP contribution in [0.2, 0.25) is 5.02 Å². The van der Waals surface area contributed by atoms with Gasteiger partial charge in [-0.05, 0) is 49.4 Å². The fourth-order valence-corrected chi connectivity index (χ4v) is 1.95. The van der Waals surface area contributed by atoms with Gasteiger partial charge in [-0.2, -0.15) is 5.10 Å². The molecule has 0 bridgehead atoms. The Labute approximate surface area is 125 Å². The fourth-order valence-electron chi connectivity index (χ4n) is 1.64. The average molecular weight is 309 g/mol. The molecule has 0 fully saturated rings. The van der Waals surface area contributed by atoms with Gasteiger partial charge in [0.25, 0.3) is 5.91 Å². The number of benzene rings is 2. The summed E-state index contributed by atoms with van der Waals surface area (Å²) in [5, 5.41) is 4.10. The van der Waals surface area contributed by atoms with Gasteiger partial charge < -0.3 is 0 Å². The highest BCUT2D eigenvalue weighted by Gasteiger charge is 2.07. The highest BCUT2D eigenvalue weighted by Crippen LogP contribution is 2.17. The van der Waals surface area contributed by atoms with Crippen molar-refractivity contribution in [3.63, 3.8) is 0 Å². The third-order valence-electron chi connectivity index (χ3n) is 2.75. The minimum Gasteiger partial charge on any atom is -0.267 e. The normalized spacial score (nSPS) is 11.3. The lowest BCUT2D eigenvalue weighted by molar-refractivity contribution is 0.0955. The number of amides is 1. The molecule has 0 atom stereocenters. The number of nitrogens with one attached hydrogen (secondary N) is 1. The summed E-state index contributed by atoms with van der Waals surface area (Å²) < 4.78 is 25.7. The summed E-state index contributed by atoms with van der Waals surface area (Å²) in [7, 11) is 0. The molecule has 0 aromatic heterocycles. The van der Waals surface area contributed by atoms with Crippen molar-refractivity contribution >= 4 is 23.2 Å². The van der Waals surface area contributed by atoms with Crippen molar-refractivity contribution in [2.24, 2.45) is 5.10 Å². The first-order valence-electron chi connectivity index (χ1n) is 6.03. The van der Waals surface area contributed by atoms with Crippen LogP contribution in [0.1, 0.15) is 22.8 Å². The number of nitrogens with zero attached hydrogens (tertiary/aromatic N) is 1. The molecule has 0 saturated carbocycles. The predicted molar refractivity (Wildman–Crippen MR) is 77.5 cm³/mol. The molecule has 0 aliphatic heterocycles. The number of hydrogen-bond donors (Lipinski definition) is 1. The van der Waals surface area contributed by atoms with E-state index in [9.17, 15) is 13.6 Å². The fraction of sp³-hybridized carbons (Fsp3) is 0.0667. The molecule has 3 nitrogen and oxygen atoms in total. The van der Waals surface area contributed by atoms with E-state index in [-0.39, 0.29) is 10.6 Å². The maximum atomic E-state index is 13.0. The third-order valence-corrected chi connectivity index (χ3v) is 3.07. The number of halogens is 3. The maximum absolute atomic E-state index is 13.0. The van der Waals surface area contributed by atoms with Crippen LogP contribution in [0.5, 0.6) is 0 Å². The van der Waals surface area contributed by atoms with Gasteiger partial charge in [0, 0.05) is 11.1 Å². The van der Waals surface area contributed by atoms with E-state index in [1.807, 2.05) is 0 Å². The maximum Gasteiger partial charge on any atom is 0.271 e. The third kappa shape index (κ3) is 3.86. The van der Waals surface area contributed by atoms with E-state index in [1.165, 1.54) is 36.4 Å². The minimum atomic E-state index is -0.479. The van der Waals surface area contributed by atoms with Gasteiger partial charge >= 0.3 is 0 Å². The largest absolute Gasteiger partial charge is 0.271 e. The van der Waals surface area contributed by atoms with Gasteiger partial charge in [-0.1, -0.05) is 11.6 Å². The first-order chi connectivity index (χ1) is 9.97. The second-order valence-corrected chi connectivity index (χ2v) is 4.68. The molecule has 1 amide bonds. The van der Waals surface area contributed by atoms with Crippen LogP contribution in [0.3, 0.4) is 0 Å². The number of carbonyl (C=O) groups is 1. The van der Waals surface area contributed by atoms with Crippen molar-refractivity contribution in [3.05, 3.63) is 70.2 Å². The van der Waals surface area contributed by atoms with Gasteiger partial charge in [0.2, 0.25) is 0 Å². The molecule has 0 saturated heterocycles. The van der Waals surface area contributed by atoms with Gasteiger partial charge in [0.05, 0.1) is 10.7 Å². The van der Waals surface area contributed by atoms with Gasteiger partial charge in [-0.3, -0.25) is 4.79 Å². The van der Waals surface area contributed by atoms with Crippen LogP contribution in [0, 0.1) is 11.6 Å². The summed E-state index contributed by atoms with van der Waals surface area (Å²) in [4.78, 5) is 11.8. The summed E-state index contributed by atoms with van der Waals surface area (Å²) in [5.41, 5.74) is 3.55. The molecular weight excluding hydrogens is 298 g/mol. The molecule has 108 valence electrons. The molecule has 0 spiro atoms. The first kappa shape index (κ1) is 15.1. The lowest BCUT2D eigenvalue weighted by Gasteiger charge is -2.05. The van der Waals surface area contributed by atoms with E-state index in [2.05, 4.69) is 10.5 Å². The minimum absolute atomic E-state index is 0.201. The molecule has 0 aliphatic carbocycles. The summed E-state index contributed by atoms with van der Waals surface area (Å²) in [5.74, 6) is -1.36. The molecule has 21 heavy (non-hydrogen) atoms. The van der Waals surface area contributed by atoms with E-state index in [0.29, 0.717) is 11.3 Å². The number of carbonyl (C=O) groups excluding carboxylic acids is 1. The monoisotopic (exact) mass is 308 g/mol. The zero-order valence-electron chi connectivity index (χ0n) is 11.0. The van der Waals surface area contributed by atoms with E-state index < -0.39 is 17.5 Å². The van der Waals surface area contributed by atoms with Crippen LogP contribution in [-0.4, -0.2) is 11.6 Å². The quantitative estimate of drug-likeness (QED) is 0.680. The summed E-state index contributed by atoms with van der Waals surface area (Å²) in [6.45, 7) is 1.63. The van der Waals surface area contributed by atoms with Crippen LogP contribution in [0.4, 0.5) is 8.78 Å². The zero-order valence-corrected chi connectivity index (χ0v) is 11.8. The molecule has 2 aromatic rings. The van der Waals surface area contributed by atoms with Crippen molar-refractivity contribution in [2.45, 2.75) is 6.92 Å². The molecule has 0 unspecified atom stereocenters. The average Bonchev–Trinajstić information content (AvgIpc) is 2.45. The molecule has 6 heteroatoms. The molecule has 2 rings (SSSR count). The lowest BCUT2D eigenvalue weighted by atomic mass is 10.1. The van der Waals surface area contributed by atoms with Gasteiger partial charge in [-0.15, -0.1) is 0 Å². The standard InChI is InChI=1S/C15H11ClF2N2O/c1-9(13-7-6-12(18)8-14(13)16)19-20-15(21)10-2-4-11(17)5-3-10/h2-8H,1H3,(H,20,21)/b19-9-. The Balaban J connectivity index is 2.12. The Morgan fingerprint density at radius 3 is 2.33 bits per heavy atom. The Kier molecular flexibility index (Phi) is 4.65.